The summed E-state index contributed by atoms with van der Waals surface area (Å²) >= 11 is 0. The van der Waals surface area contributed by atoms with Gasteiger partial charge in [-0.15, -0.1) is 0 Å². The molecule has 4 heteroatoms. The highest BCUT2D eigenvalue weighted by Crippen LogP contribution is 2.10. The first kappa shape index (κ1) is 11.3. The third-order valence-electron chi connectivity index (χ3n) is 2.98. The van der Waals surface area contributed by atoms with Crippen LogP contribution < -0.4 is 0 Å². The van der Waals surface area contributed by atoms with Gasteiger partial charge in [0.1, 0.15) is 12.0 Å². The highest BCUT2D eigenvalue weighted by molar-refractivity contribution is 5.52. The lowest BCUT2D eigenvalue weighted by atomic mass is 10.1. The number of hydrogen-bond donors (Lipinski definition) is 0. The number of piperidine rings is 1. The average Bonchev–Trinajstić information content (AvgIpc) is 2.76. The topological polar surface area (TPSA) is 46.3 Å². The van der Waals surface area contributed by atoms with Crippen LogP contribution in [0.2, 0.25) is 0 Å². The molecule has 1 aliphatic rings. The molecule has 0 unspecified atom stereocenters. The molecule has 0 aromatic carbocycles. The second-order valence-electron chi connectivity index (χ2n) is 4.24. The molecule has 4 nitrogen and oxygen atoms in total. The van der Waals surface area contributed by atoms with E-state index in [0.717, 1.165) is 25.1 Å². The molecule has 0 atom stereocenters. The normalized spacial score (nSPS) is 17.5. The van der Waals surface area contributed by atoms with Gasteiger partial charge >= 0.3 is 0 Å². The molecule has 0 amide bonds. The van der Waals surface area contributed by atoms with Crippen molar-refractivity contribution in [3.05, 3.63) is 17.8 Å². The number of rotatable bonds is 5. The minimum absolute atomic E-state index is 0.330. The van der Waals surface area contributed by atoms with Crippen LogP contribution in [0.1, 0.15) is 30.9 Å². The van der Waals surface area contributed by atoms with Crippen LogP contribution >= 0.6 is 0 Å². The van der Waals surface area contributed by atoms with Gasteiger partial charge in [0.25, 0.3) is 0 Å². The van der Waals surface area contributed by atoms with E-state index < -0.39 is 0 Å². The SMILES string of the molecule is O=CCc1cnc(CCN2CCCCC2)o1. The molecule has 0 spiro atoms. The fourth-order valence-corrected chi connectivity index (χ4v) is 2.08. The summed E-state index contributed by atoms with van der Waals surface area (Å²) in [5.41, 5.74) is 0. The Hall–Kier alpha value is -1.16. The Morgan fingerprint density at radius 2 is 2.19 bits per heavy atom. The zero-order valence-electron chi connectivity index (χ0n) is 9.52. The molecular formula is C12H18N2O2. The summed E-state index contributed by atoms with van der Waals surface area (Å²) in [5.74, 6) is 1.42. The van der Waals surface area contributed by atoms with E-state index in [4.69, 9.17) is 4.42 Å². The number of hydrogen-bond acceptors (Lipinski definition) is 4. The summed E-state index contributed by atoms with van der Waals surface area (Å²) in [6.45, 7) is 3.41. The van der Waals surface area contributed by atoms with Gasteiger partial charge in [-0.05, 0) is 25.9 Å². The van der Waals surface area contributed by atoms with Crippen molar-refractivity contribution in [2.45, 2.75) is 32.1 Å². The zero-order valence-corrected chi connectivity index (χ0v) is 9.52. The van der Waals surface area contributed by atoms with E-state index in [1.54, 1.807) is 6.20 Å². The maximum atomic E-state index is 10.3. The Kier molecular flexibility index (Phi) is 4.10. The van der Waals surface area contributed by atoms with Crippen molar-refractivity contribution >= 4 is 6.29 Å². The van der Waals surface area contributed by atoms with E-state index in [-0.39, 0.29) is 0 Å². The molecular weight excluding hydrogens is 204 g/mol. The van der Waals surface area contributed by atoms with Crippen LogP contribution in [-0.2, 0) is 17.6 Å². The number of carbonyl (C=O) groups excluding carboxylic acids is 1. The van der Waals surface area contributed by atoms with Crippen molar-refractivity contribution in [2.75, 3.05) is 19.6 Å². The third-order valence-corrected chi connectivity index (χ3v) is 2.98. The minimum atomic E-state index is 0.330. The number of likely N-dealkylation sites (tertiary alicyclic amines) is 1. The van der Waals surface area contributed by atoms with Crippen LogP contribution in [0.25, 0.3) is 0 Å². The first-order valence-corrected chi connectivity index (χ1v) is 5.98. The minimum Gasteiger partial charge on any atom is -0.445 e. The monoisotopic (exact) mass is 222 g/mol. The summed E-state index contributed by atoms with van der Waals surface area (Å²) in [5, 5.41) is 0. The van der Waals surface area contributed by atoms with Gasteiger partial charge in [0.2, 0.25) is 0 Å². The summed E-state index contributed by atoms with van der Waals surface area (Å²) in [6.07, 6.45) is 7.65. The van der Waals surface area contributed by atoms with Gasteiger partial charge in [-0.3, -0.25) is 0 Å². The fraction of sp³-hybridized carbons (Fsp3) is 0.667. The Balaban J connectivity index is 1.77. The standard InChI is InChI=1S/C12H18N2O2/c15-9-5-11-10-13-12(16-11)4-8-14-6-2-1-3-7-14/h9-10H,1-8H2. The van der Waals surface area contributed by atoms with Crippen LogP contribution in [0.15, 0.2) is 10.6 Å². The van der Waals surface area contributed by atoms with Crippen molar-refractivity contribution in [3.63, 3.8) is 0 Å². The maximum Gasteiger partial charge on any atom is 0.195 e. The van der Waals surface area contributed by atoms with Crippen molar-refractivity contribution in [1.82, 2.24) is 9.88 Å². The molecule has 0 aliphatic carbocycles. The quantitative estimate of drug-likeness (QED) is 0.707. The predicted octanol–water partition coefficient (Wildman–Crippen LogP) is 1.44. The molecule has 1 fully saturated rings. The first-order chi connectivity index (χ1) is 7.88. The van der Waals surface area contributed by atoms with E-state index in [1.165, 1.54) is 32.4 Å². The number of aldehydes is 1. The van der Waals surface area contributed by atoms with Crippen molar-refractivity contribution < 1.29 is 9.21 Å². The molecule has 1 aliphatic heterocycles. The van der Waals surface area contributed by atoms with Gasteiger partial charge in [0.15, 0.2) is 5.89 Å². The predicted molar refractivity (Wildman–Crippen MR) is 60.3 cm³/mol. The van der Waals surface area contributed by atoms with Gasteiger partial charge in [0, 0.05) is 13.0 Å². The Morgan fingerprint density at radius 1 is 1.38 bits per heavy atom. The number of nitrogens with zero attached hydrogens (tertiary/aromatic N) is 2. The Morgan fingerprint density at radius 3 is 2.94 bits per heavy atom. The molecule has 1 aromatic rings. The van der Waals surface area contributed by atoms with Gasteiger partial charge in [-0.25, -0.2) is 4.98 Å². The number of aromatic nitrogens is 1. The molecule has 88 valence electrons. The molecule has 1 aromatic heterocycles. The number of oxazole rings is 1. The lowest BCUT2D eigenvalue weighted by Gasteiger charge is -2.25. The summed E-state index contributed by atoms with van der Waals surface area (Å²) in [6, 6.07) is 0. The van der Waals surface area contributed by atoms with Crippen LogP contribution in [0.4, 0.5) is 0 Å². The summed E-state index contributed by atoms with van der Waals surface area (Å²) < 4.78 is 5.45. The highest BCUT2D eigenvalue weighted by atomic mass is 16.4. The molecule has 2 rings (SSSR count). The van der Waals surface area contributed by atoms with E-state index >= 15 is 0 Å². The Bertz CT molecular complexity index is 330. The third kappa shape index (κ3) is 3.17. The van der Waals surface area contributed by atoms with Gasteiger partial charge in [0.05, 0.1) is 12.6 Å². The molecule has 0 saturated carbocycles. The first-order valence-electron chi connectivity index (χ1n) is 5.98. The Labute approximate surface area is 95.6 Å². The largest absolute Gasteiger partial charge is 0.445 e. The smallest absolute Gasteiger partial charge is 0.195 e. The van der Waals surface area contributed by atoms with Gasteiger partial charge < -0.3 is 14.1 Å². The van der Waals surface area contributed by atoms with Crippen LogP contribution in [-0.4, -0.2) is 35.8 Å². The highest BCUT2D eigenvalue weighted by Gasteiger charge is 2.11. The van der Waals surface area contributed by atoms with Gasteiger partial charge in [-0.2, -0.15) is 0 Å². The van der Waals surface area contributed by atoms with E-state index in [0.29, 0.717) is 12.2 Å². The molecule has 16 heavy (non-hydrogen) atoms. The maximum absolute atomic E-state index is 10.3. The number of carbonyl (C=O) groups is 1. The van der Waals surface area contributed by atoms with Crippen molar-refractivity contribution in [1.29, 1.82) is 0 Å². The fourth-order valence-electron chi connectivity index (χ4n) is 2.08. The van der Waals surface area contributed by atoms with E-state index in [2.05, 4.69) is 9.88 Å². The lowest BCUT2D eigenvalue weighted by molar-refractivity contribution is -0.107. The molecule has 2 heterocycles. The zero-order chi connectivity index (χ0) is 11.2. The van der Waals surface area contributed by atoms with E-state index in [9.17, 15) is 4.79 Å². The average molecular weight is 222 g/mol. The van der Waals surface area contributed by atoms with Crippen molar-refractivity contribution in [2.24, 2.45) is 0 Å². The molecule has 1 saturated heterocycles. The van der Waals surface area contributed by atoms with Crippen LogP contribution in [0.3, 0.4) is 0 Å². The van der Waals surface area contributed by atoms with Crippen LogP contribution in [0, 0.1) is 0 Å². The molecule has 0 radical (unpaired) electrons. The van der Waals surface area contributed by atoms with Crippen molar-refractivity contribution in [3.8, 4) is 0 Å². The van der Waals surface area contributed by atoms with E-state index in [1.807, 2.05) is 0 Å². The summed E-state index contributed by atoms with van der Waals surface area (Å²) in [7, 11) is 0. The molecule has 0 N–H and O–H groups in total. The lowest BCUT2D eigenvalue weighted by Crippen LogP contribution is -2.31. The second kappa shape index (κ2) is 5.80. The van der Waals surface area contributed by atoms with Crippen LogP contribution in [0.5, 0.6) is 0 Å². The van der Waals surface area contributed by atoms with Gasteiger partial charge in [-0.1, -0.05) is 6.42 Å². The molecule has 0 bridgehead atoms. The second-order valence-corrected chi connectivity index (χ2v) is 4.24. The summed E-state index contributed by atoms with van der Waals surface area (Å²) in [4.78, 5) is 16.9.